The molecular weight excluding hydrogens is 208 g/mol. The molecule has 16 heavy (non-hydrogen) atoms. The minimum Gasteiger partial charge on any atom is -0.353 e. The van der Waals surface area contributed by atoms with Crippen molar-refractivity contribution < 1.29 is 9.59 Å². The van der Waals surface area contributed by atoms with Gasteiger partial charge < -0.3 is 15.5 Å². The Balaban J connectivity index is 3.81. The molecule has 0 unspecified atom stereocenters. The summed E-state index contributed by atoms with van der Waals surface area (Å²) in [4.78, 5) is 23.9. The molecule has 0 spiro atoms. The summed E-state index contributed by atoms with van der Waals surface area (Å²) in [6, 6.07) is 1.69. The Morgan fingerprint density at radius 1 is 1.25 bits per heavy atom. The number of hydrogen-bond donors (Lipinski definition) is 2. The number of nitrogens with zero attached hydrogens (tertiary/aromatic N) is 2. The summed E-state index contributed by atoms with van der Waals surface area (Å²) in [7, 11) is 3.26. The molecule has 0 radical (unpaired) electrons. The number of carbonyl (C=O) groups excluding carboxylic acids is 2. The highest BCUT2D eigenvalue weighted by Gasteiger charge is 2.26. The maximum atomic E-state index is 11.4. The number of carbonyl (C=O) groups is 2. The van der Waals surface area contributed by atoms with Crippen LogP contribution in [-0.4, -0.2) is 44.0 Å². The Morgan fingerprint density at radius 3 is 2.19 bits per heavy atom. The molecule has 0 aromatic heterocycles. The second kappa shape index (κ2) is 5.95. The van der Waals surface area contributed by atoms with Crippen molar-refractivity contribution in [3.05, 3.63) is 0 Å². The first-order valence-electron chi connectivity index (χ1n) is 4.96. The zero-order chi connectivity index (χ0) is 12.8. The van der Waals surface area contributed by atoms with Crippen LogP contribution in [0.3, 0.4) is 0 Å². The third-order valence-electron chi connectivity index (χ3n) is 1.94. The molecule has 2 N–H and O–H groups in total. The fourth-order valence-electron chi connectivity index (χ4n) is 0.775. The van der Waals surface area contributed by atoms with Gasteiger partial charge in [0.25, 0.3) is 0 Å². The van der Waals surface area contributed by atoms with Crippen LogP contribution in [0.15, 0.2) is 0 Å². The quantitative estimate of drug-likeness (QED) is 0.658. The second-order valence-electron chi connectivity index (χ2n) is 4.12. The van der Waals surface area contributed by atoms with Crippen molar-refractivity contribution in [2.75, 3.05) is 27.2 Å². The number of urea groups is 1. The van der Waals surface area contributed by atoms with Gasteiger partial charge in [-0.3, -0.25) is 4.79 Å². The van der Waals surface area contributed by atoms with Crippen LogP contribution in [0, 0.1) is 16.7 Å². The number of amides is 3. The molecule has 0 aliphatic heterocycles. The fraction of sp³-hybridized carbons (Fsp3) is 0.700. The minimum absolute atomic E-state index is 0.214. The molecule has 0 fully saturated rings. The Kier molecular flexibility index (Phi) is 5.30. The molecule has 0 heterocycles. The number of rotatable bonds is 4. The van der Waals surface area contributed by atoms with E-state index in [0.29, 0.717) is 13.1 Å². The molecule has 90 valence electrons. The van der Waals surface area contributed by atoms with E-state index in [1.807, 2.05) is 6.07 Å². The van der Waals surface area contributed by atoms with E-state index in [1.54, 1.807) is 27.9 Å². The van der Waals surface area contributed by atoms with Gasteiger partial charge in [-0.05, 0) is 13.8 Å². The van der Waals surface area contributed by atoms with E-state index >= 15 is 0 Å². The summed E-state index contributed by atoms with van der Waals surface area (Å²) in [5.41, 5.74) is -1.04. The fourth-order valence-corrected chi connectivity index (χ4v) is 0.775. The van der Waals surface area contributed by atoms with Crippen LogP contribution in [0.2, 0.25) is 0 Å². The van der Waals surface area contributed by atoms with E-state index in [-0.39, 0.29) is 11.9 Å². The molecule has 0 atom stereocenters. The van der Waals surface area contributed by atoms with Crippen LogP contribution in [0.25, 0.3) is 0 Å². The van der Waals surface area contributed by atoms with E-state index < -0.39 is 5.41 Å². The van der Waals surface area contributed by atoms with Gasteiger partial charge in [-0.1, -0.05) is 0 Å². The van der Waals surface area contributed by atoms with Crippen molar-refractivity contribution in [2.45, 2.75) is 13.8 Å². The van der Waals surface area contributed by atoms with E-state index in [4.69, 9.17) is 5.26 Å². The third kappa shape index (κ3) is 4.64. The third-order valence-corrected chi connectivity index (χ3v) is 1.94. The minimum atomic E-state index is -1.04. The van der Waals surface area contributed by atoms with Gasteiger partial charge in [-0.2, -0.15) is 5.26 Å². The monoisotopic (exact) mass is 226 g/mol. The van der Waals surface area contributed by atoms with Gasteiger partial charge in [0.2, 0.25) is 5.91 Å². The molecule has 0 saturated carbocycles. The molecule has 6 nitrogen and oxygen atoms in total. The topological polar surface area (TPSA) is 85.2 Å². The largest absolute Gasteiger partial charge is 0.353 e. The van der Waals surface area contributed by atoms with Gasteiger partial charge in [0, 0.05) is 27.2 Å². The molecule has 0 bridgehead atoms. The van der Waals surface area contributed by atoms with Gasteiger partial charge in [-0.25, -0.2) is 4.79 Å². The molecule has 3 amide bonds. The number of nitrogens with one attached hydrogen (secondary N) is 2. The van der Waals surface area contributed by atoms with Crippen molar-refractivity contribution in [3.8, 4) is 6.07 Å². The first-order valence-corrected chi connectivity index (χ1v) is 4.96. The molecular formula is C10H18N4O2. The molecule has 0 aromatic carbocycles. The van der Waals surface area contributed by atoms with Gasteiger partial charge in [0.05, 0.1) is 6.07 Å². The maximum absolute atomic E-state index is 11.4. The van der Waals surface area contributed by atoms with Crippen molar-refractivity contribution >= 4 is 11.9 Å². The second-order valence-corrected chi connectivity index (χ2v) is 4.12. The van der Waals surface area contributed by atoms with Gasteiger partial charge in [0.1, 0.15) is 5.41 Å². The lowest BCUT2D eigenvalue weighted by molar-refractivity contribution is -0.126. The number of nitriles is 1. The predicted molar refractivity (Wildman–Crippen MR) is 59.5 cm³/mol. The normalized spacial score (nSPS) is 10.2. The SMILES string of the molecule is CN(C)C(=O)NCCNC(=O)C(C)(C)C#N. The number of hydrogen-bond acceptors (Lipinski definition) is 3. The summed E-state index contributed by atoms with van der Waals surface area (Å²) < 4.78 is 0. The lowest BCUT2D eigenvalue weighted by atomic mass is 9.95. The highest BCUT2D eigenvalue weighted by molar-refractivity contribution is 5.84. The molecule has 0 aromatic rings. The standard InChI is InChI=1S/C10H18N4O2/c1-10(2,7-11)8(15)12-5-6-13-9(16)14(3)4/h5-6H2,1-4H3,(H,12,15)(H,13,16). The van der Waals surface area contributed by atoms with Crippen molar-refractivity contribution in [1.29, 1.82) is 5.26 Å². The first kappa shape index (κ1) is 14.2. The van der Waals surface area contributed by atoms with Gasteiger partial charge in [0.15, 0.2) is 0 Å². The van der Waals surface area contributed by atoms with Crippen molar-refractivity contribution in [2.24, 2.45) is 5.41 Å². The smallest absolute Gasteiger partial charge is 0.316 e. The molecule has 0 aliphatic rings. The van der Waals surface area contributed by atoms with Crippen LogP contribution < -0.4 is 10.6 Å². The summed E-state index contributed by atoms with van der Waals surface area (Å²) in [5.74, 6) is -0.339. The Bertz CT molecular complexity index is 304. The first-order chi connectivity index (χ1) is 7.31. The summed E-state index contributed by atoms with van der Waals surface area (Å²) in [6.45, 7) is 3.73. The summed E-state index contributed by atoms with van der Waals surface area (Å²) >= 11 is 0. The highest BCUT2D eigenvalue weighted by Crippen LogP contribution is 2.11. The zero-order valence-corrected chi connectivity index (χ0v) is 10.1. The Morgan fingerprint density at radius 2 is 1.75 bits per heavy atom. The average molecular weight is 226 g/mol. The van der Waals surface area contributed by atoms with Crippen LogP contribution in [0.4, 0.5) is 4.79 Å². The van der Waals surface area contributed by atoms with Crippen LogP contribution in [0.5, 0.6) is 0 Å². The molecule has 0 saturated heterocycles. The van der Waals surface area contributed by atoms with Crippen molar-refractivity contribution in [3.63, 3.8) is 0 Å². The molecule has 0 aliphatic carbocycles. The van der Waals surface area contributed by atoms with Gasteiger partial charge in [-0.15, -0.1) is 0 Å². The molecule has 0 rings (SSSR count). The lowest BCUT2D eigenvalue weighted by Gasteiger charge is -2.16. The van der Waals surface area contributed by atoms with Crippen LogP contribution in [-0.2, 0) is 4.79 Å². The van der Waals surface area contributed by atoms with Gasteiger partial charge >= 0.3 is 6.03 Å². The predicted octanol–water partition coefficient (Wildman–Crippen LogP) is -0.0764. The Hall–Kier alpha value is -1.77. The average Bonchev–Trinajstić information content (AvgIpc) is 2.23. The highest BCUT2D eigenvalue weighted by atomic mass is 16.2. The van der Waals surface area contributed by atoms with Crippen LogP contribution >= 0.6 is 0 Å². The lowest BCUT2D eigenvalue weighted by Crippen LogP contribution is -2.42. The van der Waals surface area contributed by atoms with Crippen LogP contribution in [0.1, 0.15) is 13.8 Å². The maximum Gasteiger partial charge on any atom is 0.316 e. The van der Waals surface area contributed by atoms with E-state index in [2.05, 4.69) is 10.6 Å². The van der Waals surface area contributed by atoms with E-state index in [0.717, 1.165) is 0 Å². The van der Waals surface area contributed by atoms with Crippen molar-refractivity contribution in [1.82, 2.24) is 15.5 Å². The van der Waals surface area contributed by atoms with E-state index in [9.17, 15) is 9.59 Å². The summed E-state index contributed by atoms with van der Waals surface area (Å²) in [6.07, 6.45) is 0. The molecule has 6 heteroatoms. The Labute approximate surface area is 95.6 Å². The zero-order valence-electron chi connectivity index (χ0n) is 10.1. The summed E-state index contributed by atoms with van der Waals surface area (Å²) in [5, 5.41) is 13.9. The van der Waals surface area contributed by atoms with E-state index in [1.165, 1.54) is 4.90 Å².